The molecule has 0 aliphatic rings. The lowest BCUT2D eigenvalue weighted by molar-refractivity contribution is 0.772. The Balaban J connectivity index is 1.57. The van der Waals surface area contributed by atoms with Gasteiger partial charge in [0.15, 0.2) is 16.6 Å². The Morgan fingerprint density at radius 2 is 1.87 bits per heavy atom. The Kier molecular flexibility index (Phi) is 3.51. The first-order chi connectivity index (χ1) is 11.3. The molecule has 0 spiro atoms. The second-order valence-corrected chi connectivity index (χ2v) is 6.28. The molecule has 5 nitrogen and oxygen atoms in total. The molecule has 4 rings (SSSR count). The molecular weight excluding hydrogens is 306 g/mol. The van der Waals surface area contributed by atoms with Gasteiger partial charge in [-0.25, -0.2) is 4.98 Å². The van der Waals surface area contributed by atoms with Crippen molar-refractivity contribution >= 4 is 22.1 Å². The van der Waals surface area contributed by atoms with E-state index < -0.39 is 0 Å². The van der Waals surface area contributed by atoms with Crippen LogP contribution in [0.4, 0.5) is 5.13 Å². The van der Waals surface area contributed by atoms with Gasteiger partial charge in [-0.15, -0.1) is 10.2 Å². The molecule has 3 heterocycles. The average Bonchev–Trinajstić information content (AvgIpc) is 3.22. The van der Waals surface area contributed by atoms with E-state index in [4.69, 9.17) is 0 Å². The molecule has 1 atom stereocenters. The smallest absolute Gasteiger partial charge is 0.183 e. The van der Waals surface area contributed by atoms with Gasteiger partial charge in [0.2, 0.25) is 0 Å². The van der Waals surface area contributed by atoms with Crippen molar-refractivity contribution in [1.82, 2.24) is 19.6 Å². The molecule has 23 heavy (non-hydrogen) atoms. The fraction of sp³-hybridized carbons (Fsp3) is 0.118. The van der Waals surface area contributed by atoms with Crippen LogP contribution in [0.15, 0.2) is 60.9 Å². The molecule has 1 N–H and O–H groups in total. The Labute approximate surface area is 137 Å². The van der Waals surface area contributed by atoms with E-state index in [1.807, 2.05) is 53.2 Å². The van der Waals surface area contributed by atoms with Crippen LogP contribution in [0, 0.1) is 0 Å². The van der Waals surface area contributed by atoms with Crippen LogP contribution >= 0.6 is 11.3 Å². The Bertz CT molecular complexity index is 928. The van der Waals surface area contributed by atoms with Crippen LogP contribution in [0.25, 0.3) is 16.1 Å². The number of hydrogen-bond donors (Lipinski definition) is 1. The van der Waals surface area contributed by atoms with Gasteiger partial charge in [-0.05, 0) is 24.6 Å². The molecule has 1 aromatic carbocycles. The summed E-state index contributed by atoms with van der Waals surface area (Å²) >= 11 is 1.64. The fourth-order valence-corrected chi connectivity index (χ4v) is 3.39. The third kappa shape index (κ3) is 2.68. The van der Waals surface area contributed by atoms with Gasteiger partial charge >= 0.3 is 0 Å². The highest BCUT2D eigenvalue weighted by atomic mass is 32.1. The number of nitrogens with zero attached hydrogens (tertiary/aromatic N) is 4. The second-order valence-electron chi connectivity index (χ2n) is 5.25. The maximum absolute atomic E-state index is 4.47. The van der Waals surface area contributed by atoms with Crippen LogP contribution in [0.2, 0.25) is 0 Å². The molecule has 0 fully saturated rings. The fourth-order valence-electron chi connectivity index (χ4n) is 2.48. The van der Waals surface area contributed by atoms with Crippen molar-refractivity contribution in [3.8, 4) is 10.4 Å². The molecule has 0 bridgehead atoms. The summed E-state index contributed by atoms with van der Waals surface area (Å²) in [4.78, 5) is 5.62. The van der Waals surface area contributed by atoms with Gasteiger partial charge in [0, 0.05) is 12.4 Å². The zero-order valence-corrected chi connectivity index (χ0v) is 13.4. The standard InChI is InChI=1S/C17H15N5S/c1-12(16-21-20-15-9-5-6-10-22(15)16)19-17-18-11-14(23-17)13-7-3-2-4-8-13/h2-12H,1H3,(H,18,19). The van der Waals surface area contributed by atoms with Crippen LogP contribution in [0.5, 0.6) is 0 Å². The van der Waals surface area contributed by atoms with Crippen molar-refractivity contribution in [2.45, 2.75) is 13.0 Å². The molecule has 4 aromatic rings. The third-order valence-electron chi connectivity index (χ3n) is 3.63. The maximum Gasteiger partial charge on any atom is 0.183 e. The average molecular weight is 321 g/mol. The molecule has 0 amide bonds. The van der Waals surface area contributed by atoms with E-state index in [-0.39, 0.29) is 6.04 Å². The van der Waals surface area contributed by atoms with Crippen LogP contribution in [0.3, 0.4) is 0 Å². The molecule has 0 aliphatic carbocycles. The van der Waals surface area contributed by atoms with Gasteiger partial charge in [0.1, 0.15) is 0 Å². The van der Waals surface area contributed by atoms with Gasteiger partial charge in [-0.3, -0.25) is 4.40 Å². The number of thiazole rings is 1. The van der Waals surface area contributed by atoms with Crippen LogP contribution in [-0.4, -0.2) is 19.6 Å². The minimum Gasteiger partial charge on any atom is -0.352 e. The number of aromatic nitrogens is 4. The Morgan fingerprint density at radius 1 is 1.04 bits per heavy atom. The predicted molar refractivity (Wildman–Crippen MR) is 92.6 cm³/mol. The lowest BCUT2D eigenvalue weighted by Crippen LogP contribution is -2.10. The summed E-state index contributed by atoms with van der Waals surface area (Å²) in [6.45, 7) is 2.06. The molecule has 0 saturated heterocycles. The van der Waals surface area contributed by atoms with E-state index in [1.165, 1.54) is 5.56 Å². The summed E-state index contributed by atoms with van der Waals surface area (Å²) in [5.74, 6) is 0.872. The van der Waals surface area contributed by atoms with Crippen molar-refractivity contribution in [3.63, 3.8) is 0 Å². The summed E-state index contributed by atoms with van der Waals surface area (Å²) in [6, 6.07) is 16.2. The highest BCUT2D eigenvalue weighted by Crippen LogP contribution is 2.30. The van der Waals surface area contributed by atoms with Gasteiger partial charge in [-0.1, -0.05) is 47.7 Å². The zero-order chi connectivity index (χ0) is 15.6. The number of hydrogen-bond acceptors (Lipinski definition) is 5. The van der Waals surface area contributed by atoms with E-state index in [9.17, 15) is 0 Å². The largest absolute Gasteiger partial charge is 0.352 e. The SMILES string of the molecule is CC(Nc1ncc(-c2ccccc2)s1)c1nnc2ccccn12. The number of pyridine rings is 1. The van der Waals surface area contributed by atoms with Crippen molar-refractivity contribution < 1.29 is 0 Å². The quantitative estimate of drug-likeness (QED) is 0.616. The number of anilines is 1. The van der Waals surface area contributed by atoms with Gasteiger partial charge < -0.3 is 5.32 Å². The highest BCUT2D eigenvalue weighted by molar-refractivity contribution is 7.18. The maximum atomic E-state index is 4.47. The lowest BCUT2D eigenvalue weighted by Gasteiger charge is -2.10. The molecule has 1 unspecified atom stereocenters. The van der Waals surface area contributed by atoms with Crippen molar-refractivity contribution in [2.24, 2.45) is 0 Å². The normalized spacial score (nSPS) is 12.4. The number of fused-ring (bicyclic) bond motifs is 1. The van der Waals surface area contributed by atoms with Crippen molar-refractivity contribution in [1.29, 1.82) is 0 Å². The first kappa shape index (κ1) is 13.9. The summed E-state index contributed by atoms with van der Waals surface area (Å²) in [7, 11) is 0. The highest BCUT2D eigenvalue weighted by Gasteiger charge is 2.14. The van der Waals surface area contributed by atoms with Gasteiger partial charge in [0.25, 0.3) is 0 Å². The van der Waals surface area contributed by atoms with E-state index >= 15 is 0 Å². The summed E-state index contributed by atoms with van der Waals surface area (Å²) in [5, 5.41) is 12.8. The predicted octanol–water partition coefficient (Wildman–Crippen LogP) is 4.03. The van der Waals surface area contributed by atoms with Crippen LogP contribution in [-0.2, 0) is 0 Å². The monoisotopic (exact) mass is 321 g/mol. The van der Waals surface area contributed by atoms with Crippen molar-refractivity contribution in [3.05, 3.63) is 66.7 Å². The van der Waals surface area contributed by atoms with Crippen LogP contribution in [0.1, 0.15) is 18.8 Å². The molecule has 6 heteroatoms. The topological polar surface area (TPSA) is 55.1 Å². The lowest BCUT2D eigenvalue weighted by atomic mass is 10.2. The first-order valence-electron chi connectivity index (χ1n) is 7.39. The molecular formula is C17H15N5S. The summed E-state index contributed by atoms with van der Waals surface area (Å²) in [5.41, 5.74) is 2.03. The molecule has 0 radical (unpaired) electrons. The zero-order valence-electron chi connectivity index (χ0n) is 12.5. The Morgan fingerprint density at radius 3 is 2.74 bits per heavy atom. The molecule has 114 valence electrons. The van der Waals surface area contributed by atoms with Crippen molar-refractivity contribution in [2.75, 3.05) is 5.32 Å². The minimum atomic E-state index is 0.0159. The molecule has 0 saturated carbocycles. The number of nitrogens with one attached hydrogen (secondary N) is 1. The number of benzene rings is 1. The van der Waals surface area contributed by atoms with Gasteiger partial charge in [-0.2, -0.15) is 0 Å². The van der Waals surface area contributed by atoms with E-state index in [0.717, 1.165) is 21.5 Å². The minimum absolute atomic E-state index is 0.0159. The molecule has 3 aromatic heterocycles. The third-order valence-corrected chi connectivity index (χ3v) is 4.61. The van der Waals surface area contributed by atoms with Crippen LogP contribution < -0.4 is 5.32 Å². The summed E-state index contributed by atoms with van der Waals surface area (Å²) in [6.07, 6.45) is 3.87. The molecule has 0 aliphatic heterocycles. The van der Waals surface area contributed by atoms with E-state index in [2.05, 4.69) is 39.6 Å². The summed E-state index contributed by atoms with van der Waals surface area (Å²) < 4.78 is 1.99. The van der Waals surface area contributed by atoms with E-state index in [1.54, 1.807) is 11.3 Å². The van der Waals surface area contributed by atoms with E-state index in [0.29, 0.717) is 0 Å². The van der Waals surface area contributed by atoms with Gasteiger partial charge in [0.05, 0.1) is 10.9 Å². The number of rotatable bonds is 4. The Hall–Kier alpha value is -2.73. The second kappa shape index (κ2) is 5.81. The first-order valence-corrected chi connectivity index (χ1v) is 8.20.